The maximum Gasteiger partial charge on any atom is 0.275 e. The number of hydrogen-bond acceptors (Lipinski definition) is 4. The Morgan fingerprint density at radius 2 is 2.18 bits per heavy atom. The van der Waals surface area contributed by atoms with Crippen molar-refractivity contribution in [2.45, 2.75) is 6.10 Å². The Morgan fingerprint density at radius 3 is 3.05 bits per heavy atom. The van der Waals surface area contributed by atoms with Crippen LogP contribution in [0.25, 0.3) is 10.9 Å². The summed E-state index contributed by atoms with van der Waals surface area (Å²) >= 11 is 0. The number of fused-ring (bicyclic) bond motifs is 1. The molecule has 1 saturated heterocycles. The van der Waals surface area contributed by atoms with Gasteiger partial charge in [-0.2, -0.15) is 5.10 Å². The minimum absolute atomic E-state index is 0.0858. The molecule has 3 heterocycles. The first-order valence-electron chi connectivity index (χ1n) is 7.20. The number of amides is 1. The molecule has 6 heteroatoms. The molecule has 6 nitrogen and oxygen atoms in total. The summed E-state index contributed by atoms with van der Waals surface area (Å²) in [6.45, 7) is 1.50. The summed E-state index contributed by atoms with van der Waals surface area (Å²) in [5, 5.41) is 7.92. The quantitative estimate of drug-likeness (QED) is 0.788. The molecular formula is C16H15N3O3. The fourth-order valence-electron chi connectivity index (χ4n) is 2.76. The van der Waals surface area contributed by atoms with Crippen LogP contribution in [0.5, 0.6) is 0 Å². The van der Waals surface area contributed by atoms with Gasteiger partial charge in [0.05, 0.1) is 24.9 Å². The second-order valence-electron chi connectivity index (χ2n) is 5.24. The average Bonchev–Trinajstić information content (AvgIpc) is 3.24. The molecule has 1 fully saturated rings. The molecule has 1 aromatic carbocycles. The second kappa shape index (κ2) is 5.31. The number of benzene rings is 1. The van der Waals surface area contributed by atoms with E-state index in [0.29, 0.717) is 25.4 Å². The molecule has 1 aliphatic heterocycles. The van der Waals surface area contributed by atoms with Crippen LogP contribution in [0, 0.1) is 0 Å². The number of nitrogens with zero attached hydrogens (tertiary/aromatic N) is 2. The van der Waals surface area contributed by atoms with Gasteiger partial charge in [-0.05, 0) is 18.2 Å². The predicted molar refractivity (Wildman–Crippen MR) is 79.4 cm³/mol. The number of ether oxygens (including phenoxy) is 1. The number of H-pyrrole nitrogens is 1. The van der Waals surface area contributed by atoms with E-state index in [-0.39, 0.29) is 12.0 Å². The van der Waals surface area contributed by atoms with Crippen molar-refractivity contribution in [3.8, 4) is 0 Å². The monoisotopic (exact) mass is 297 g/mol. The highest BCUT2D eigenvalue weighted by Crippen LogP contribution is 2.24. The van der Waals surface area contributed by atoms with Crippen molar-refractivity contribution in [3.05, 3.63) is 54.1 Å². The summed E-state index contributed by atoms with van der Waals surface area (Å²) in [4.78, 5) is 14.5. The van der Waals surface area contributed by atoms with E-state index < -0.39 is 0 Å². The summed E-state index contributed by atoms with van der Waals surface area (Å²) in [6, 6.07) is 11.3. The Balaban J connectivity index is 1.60. The minimum atomic E-state index is -0.224. The van der Waals surface area contributed by atoms with Crippen molar-refractivity contribution in [2.24, 2.45) is 0 Å². The SMILES string of the molecule is O=C(c1n[nH]c2ccccc12)N1CCO[C@H](c2ccco2)C1. The summed E-state index contributed by atoms with van der Waals surface area (Å²) in [5.41, 5.74) is 1.32. The Hall–Kier alpha value is -2.60. The zero-order valence-corrected chi connectivity index (χ0v) is 11.9. The number of hydrogen-bond donors (Lipinski definition) is 1. The molecule has 22 heavy (non-hydrogen) atoms. The van der Waals surface area contributed by atoms with Gasteiger partial charge in [-0.1, -0.05) is 18.2 Å². The largest absolute Gasteiger partial charge is 0.467 e. The van der Waals surface area contributed by atoms with Crippen molar-refractivity contribution < 1.29 is 13.9 Å². The van der Waals surface area contributed by atoms with E-state index in [1.165, 1.54) is 0 Å². The fourth-order valence-corrected chi connectivity index (χ4v) is 2.76. The van der Waals surface area contributed by atoms with Crippen LogP contribution in [0.4, 0.5) is 0 Å². The maximum absolute atomic E-state index is 12.7. The van der Waals surface area contributed by atoms with Crippen LogP contribution >= 0.6 is 0 Å². The first-order chi connectivity index (χ1) is 10.8. The summed E-state index contributed by atoms with van der Waals surface area (Å²) in [6.07, 6.45) is 1.39. The van der Waals surface area contributed by atoms with Gasteiger partial charge in [0, 0.05) is 11.9 Å². The summed E-state index contributed by atoms with van der Waals surface area (Å²) < 4.78 is 11.1. The molecule has 0 saturated carbocycles. The standard InChI is InChI=1S/C16H15N3O3/c20-16(15-11-4-1-2-5-12(11)17-18-15)19-7-9-22-14(10-19)13-6-3-8-21-13/h1-6,8,14H,7,9-10H2,(H,17,18)/t14-/m0/s1. The fraction of sp³-hybridized carbons (Fsp3) is 0.250. The van der Waals surface area contributed by atoms with E-state index in [9.17, 15) is 4.79 Å². The Morgan fingerprint density at radius 1 is 1.27 bits per heavy atom. The van der Waals surface area contributed by atoms with Crippen LogP contribution in [0.15, 0.2) is 47.1 Å². The van der Waals surface area contributed by atoms with Gasteiger partial charge >= 0.3 is 0 Å². The van der Waals surface area contributed by atoms with Gasteiger partial charge in [0.15, 0.2) is 5.69 Å². The van der Waals surface area contributed by atoms with E-state index in [4.69, 9.17) is 9.15 Å². The minimum Gasteiger partial charge on any atom is -0.467 e. The van der Waals surface area contributed by atoms with Crippen LogP contribution in [-0.4, -0.2) is 40.7 Å². The molecule has 0 aliphatic carbocycles. The van der Waals surface area contributed by atoms with Gasteiger partial charge in [-0.15, -0.1) is 0 Å². The van der Waals surface area contributed by atoms with E-state index in [2.05, 4.69) is 10.2 Å². The van der Waals surface area contributed by atoms with Crippen molar-refractivity contribution >= 4 is 16.8 Å². The molecule has 0 radical (unpaired) electrons. The lowest BCUT2D eigenvalue weighted by molar-refractivity contribution is -0.0322. The van der Waals surface area contributed by atoms with E-state index >= 15 is 0 Å². The van der Waals surface area contributed by atoms with E-state index in [1.54, 1.807) is 11.2 Å². The van der Waals surface area contributed by atoms with Crippen LogP contribution in [-0.2, 0) is 4.74 Å². The zero-order chi connectivity index (χ0) is 14.9. The number of carbonyl (C=O) groups excluding carboxylic acids is 1. The highest BCUT2D eigenvalue weighted by atomic mass is 16.5. The van der Waals surface area contributed by atoms with Crippen molar-refractivity contribution in [1.29, 1.82) is 0 Å². The number of para-hydroxylation sites is 1. The predicted octanol–water partition coefficient (Wildman–Crippen LogP) is 2.37. The molecule has 1 N–H and O–H groups in total. The van der Waals surface area contributed by atoms with Crippen molar-refractivity contribution in [2.75, 3.05) is 19.7 Å². The normalized spacial score (nSPS) is 18.7. The van der Waals surface area contributed by atoms with Crippen LogP contribution < -0.4 is 0 Å². The number of rotatable bonds is 2. The lowest BCUT2D eigenvalue weighted by atomic mass is 10.1. The lowest BCUT2D eigenvalue weighted by Gasteiger charge is -2.31. The highest BCUT2D eigenvalue weighted by Gasteiger charge is 2.29. The number of nitrogens with one attached hydrogen (secondary N) is 1. The molecule has 0 spiro atoms. The number of aromatic amines is 1. The zero-order valence-electron chi connectivity index (χ0n) is 11.9. The topological polar surface area (TPSA) is 71.4 Å². The van der Waals surface area contributed by atoms with Gasteiger partial charge in [-0.3, -0.25) is 9.89 Å². The molecule has 2 aromatic heterocycles. The summed E-state index contributed by atoms with van der Waals surface area (Å²) in [5.74, 6) is 0.654. The third-order valence-corrected chi connectivity index (χ3v) is 3.89. The van der Waals surface area contributed by atoms with Crippen LogP contribution in [0.3, 0.4) is 0 Å². The molecule has 3 aromatic rings. The smallest absolute Gasteiger partial charge is 0.275 e. The van der Waals surface area contributed by atoms with Crippen LogP contribution in [0.1, 0.15) is 22.4 Å². The van der Waals surface area contributed by atoms with Gasteiger partial charge in [-0.25, -0.2) is 0 Å². The third-order valence-electron chi connectivity index (χ3n) is 3.89. The first-order valence-corrected chi connectivity index (χ1v) is 7.20. The molecule has 0 bridgehead atoms. The first kappa shape index (κ1) is 13.1. The van der Waals surface area contributed by atoms with Gasteiger partial charge in [0.1, 0.15) is 11.9 Å². The molecule has 112 valence electrons. The van der Waals surface area contributed by atoms with E-state index in [0.717, 1.165) is 16.7 Å². The number of morpholine rings is 1. The second-order valence-corrected chi connectivity index (χ2v) is 5.24. The molecule has 1 atom stereocenters. The van der Waals surface area contributed by atoms with Crippen molar-refractivity contribution in [1.82, 2.24) is 15.1 Å². The average molecular weight is 297 g/mol. The third kappa shape index (κ3) is 2.17. The molecule has 1 amide bonds. The van der Waals surface area contributed by atoms with Gasteiger partial charge < -0.3 is 14.1 Å². The molecular weight excluding hydrogens is 282 g/mol. The molecule has 4 rings (SSSR count). The molecule has 1 aliphatic rings. The number of aromatic nitrogens is 2. The maximum atomic E-state index is 12.7. The number of carbonyl (C=O) groups is 1. The van der Waals surface area contributed by atoms with Gasteiger partial charge in [0.25, 0.3) is 5.91 Å². The van der Waals surface area contributed by atoms with Crippen LogP contribution in [0.2, 0.25) is 0 Å². The highest BCUT2D eigenvalue weighted by molar-refractivity contribution is 6.04. The Bertz CT molecular complexity index is 794. The Kier molecular flexibility index (Phi) is 3.16. The summed E-state index contributed by atoms with van der Waals surface area (Å²) in [7, 11) is 0. The molecule has 0 unspecified atom stereocenters. The van der Waals surface area contributed by atoms with Crippen molar-refractivity contribution in [3.63, 3.8) is 0 Å². The Labute approximate surface area is 126 Å². The van der Waals surface area contributed by atoms with E-state index in [1.807, 2.05) is 36.4 Å². The van der Waals surface area contributed by atoms with Gasteiger partial charge in [0.2, 0.25) is 0 Å². The lowest BCUT2D eigenvalue weighted by Crippen LogP contribution is -2.42. The number of furan rings is 1.